The van der Waals surface area contributed by atoms with Crippen LogP contribution in [0.2, 0.25) is 0 Å². The van der Waals surface area contributed by atoms with Crippen LogP contribution in [0.5, 0.6) is 0 Å². The molecular weight excluding hydrogens is 248 g/mol. The van der Waals surface area contributed by atoms with Crippen LogP contribution in [0.15, 0.2) is 0 Å². The summed E-state index contributed by atoms with van der Waals surface area (Å²) in [7, 11) is 0. The van der Waals surface area contributed by atoms with E-state index in [0.29, 0.717) is 19.8 Å². The molecule has 1 aliphatic rings. The molecule has 0 spiro atoms. The van der Waals surface area contributed by atoms with Gasteiger partial charge in [-0.1, -0.05) is 0 Å². The predicted molar refractivity (Wildman–Crippen MR) is 70.8 cm³/mol. The molecule has 1 saturated heterocycles. The second kappa shape index (κ2) is 7.99. The van der Waals surface area contributed by atoms with Crippen LogP contribution in [0.3, 0.4) is 0 Å². The lowest BCUT2D eigenvalue weighted by molar-refractivity contribution is -0.149. The van der Waals surface area contributed by atoms with Crippen LogP contribution in [0.1, 0.15) is 33.6 Å². The first-order valence-corrected chi connectivity index (χ1v) is 6.92. The quantitative estimate of drug-likeness (QED) is 0.760. The molecule has 1 rings (SSSR count). The molecule has 1 aliphatic heterocycles. The third-order valence-corrected chi connectivity index (χ3v) is 3.23. The Labute approximate surface area is 114 Å². The summed E-state index contributed by atoms with van der Waals surface area (Å²) in [5.41, 5.74) is 0. The van der Waals surface area contributed by atoms with Crippen LogP contribution in [-0.4, -0.2) is 55.3 Å². The van der Waals surface area contributed by atoms with Gasteiger partial charge in [-0.3, -0.25) is 9.69 Å². The summed E-state index contributed by atoms with van der Waals surface area (Å²) >= 11 is 0. The van der Waals surface area contributed by atoms with Gasteiger partial charge >= 0.3 is 12.1 Å². The van der Waals surface area contributed by atoms with Gasteiger partial charge in [0.05, 0.1) is 13.2 Å². The second-order valence-corrected chi connectivity index (χ2v) is 4.63. The zero-order valence-electron chi connectivity index (χ0n) is 12.0. The fourth-order valence-electron chi connectivity index (χ4n) is 2.23. The Kier molecular flexibility index (Phi) is 6.62. The molecule has 1 amide bonds. The van der Waals surface area contributed by atoms with E-state index in [-0.39, 0.29) is 18.1 Å². The number of likely N-dealkylation sites (tertiary alicyclic amines) is 1. The van der Waals surface area contributed by atoms with Crippen molar-refractivity contribution in [1.29, 1.82) is 0 Å². The van der Waals surface area contributed by atoms with Crippen molar-refractivity contribution in [3.05, 3.63) is 0 Å². The normalized spacial score (nSPS) is 21.5. The highest BCUT2D eigenvalue weighted by Crippen LogP contribution is 2.14. The lowest BCUT2D eigenvalue weighted by Crippen LogP contribution is -2.52. The minimum atomic E-state index is -0.391. The lowest BCUT2D eigenvalue weighted by atomic mass is 10.0. The first-order chi connectivity index (χ1) is 9.08. The van der Waals surface area contributed by atoms with E-state index in [1.54, 1.807) is 13.8 Å². The Bertz CT molecular complexity index is 309. The minimum Gasteiger partial charge on any atom is -0.465 e. The standard InChI is InChI=1S/C13H24N2O4/c1-4-18-12(16)10(3)15-8-6-7-11(9-15)14-13(17)19-5-2/h10-11H,4-9H2,1-3H3,(H,14,17)/t10-,11+/m1/s1. The van der Waals surface area contributed by atoms with Crippen LogP contribution in [0.4, 0.5) is 4.79 Å². The van der Waals surface area contributed by atoms with Crippen molar-refractivity contribution in [1.82, 2.24) is 10.2 Å². The van der Waals surface area contributed by atoms with Gasteiger partial charge < -0.3 is 14.8 Å². The molecule has 1 N–H and O–H groups in total. The Hall–Kier alpha value is -1.30. The number of nitrogens with one attached hydrogen (secondary N) is 1. The van der Waals surface area contributed by atoms with Gasteiger partial charge in [0.1, 0.15) is 6.04 Å². The topological polar surface area (TPSA) is 67.9 Å². The largest absolute Gasteiger partial charge is 0.465 e. The summed E-state index contributed by atoms with van der Waals surface area (Å²) in [6.07, 6.45) is 1.46. The number of rotatable bonds is 5. The van der Waals surface area contributed by atoms with E-state index < -0.39 is 6.09 Å². The number of esters is 1. The van der Waals surface area contributed by atoms with Crippen molar-refractivity contribution in [3.8, 4) is 0 Å². The Balaban J connectivity index is 2.45. The zero-order valence-corrected chi connectivity index (χ0v) is 12.0. The van der Waals surface area contributed by atoms with Crippen molar-refractivity contribution in [2.75, 3.05) is 26.3 Å². The molecule has 0 bridgehead atoms. The summed E-state index contributed by atoms with van der Waals surface area (Å²) in [4.78, 5) is 25.1. The zero-order chi connectivity index (χ0) is 14.3. The lowest BCUT2D eigenvalue weighted by Gasteiger charge is -2.35. The van der Waals surface area contributed by atoms with Gasteiger partial charge in [-0.2, -0.15) is 0 Å². The van der Waals surface area contributed by atoms with Crippen LogP contribution >= 0.6 is 0 Å². The van der Waals surface area contributed by atoms with Gasteiger partial charge in [0, 0.05) is 12.6 Å². The maximum Gasteiger partial charge on any atom is 0.407 e. The molecule has 0 radical (unpaired) electrons. The molecule has 0 aliphatic carbocycles. The molecule has 110 valence electrons. The van der Waals surface area contributed by atoms with Crippen LogP contribution in [0, 0.1) is 0 Å². The molecule has 0 unspecified atom stereocenters. The summed E-state index contributed by atoms with van der Waals surface area (Å²) in [5, 5.41) is 2.82. The van der Waals surface area contributed by atoms with E-state index in [9.17, 15) is 9.59 Å². The highest BCUT2D eigenvalue weighted by molar-refractivity contribution is 5.75. The molecular formula is C13H24N2O4. The summed E-state index contributed by atoms with van der Waals surface area (Å²) in [5.74, 6) is -0.209. The highest BCUT2D eigenvalue weighted by atomic mass is 16.5. The third-order valence-electron chi connectivity index (χ3n) is 3.23. The number of carbonyl (C=O) groups is 2. The molecule has 0 aromatic rings. The van der Waals surface area contributed by atoms with Crippen molar-refractivity contribution >= 4 is 12.1 Å². The van der Waals surface area contributed by atoms with E-state index in [4.69, 9.17) is 9.47 Å². The number of hydrogen-bond donors (Lipinski definition) is 1. The van der Waals surface area contributed by atoms with Crippen molar-refractivity contribution in [2.24, 2.45) is 0 Å². The number of carbonyl (C=O) groups excluding carboxylic acids is 2. The van der Waals surface area contributed by atoms with E-state index in [1.165, 1.54) is 0 Å². The summed E-state index contributed by atoms with van der Waals surface area (Å²) in [6.45, 7) is 7.66. The van der Waals surface area contributed by atoms with E-state index in [1.807, 2.05) is 11.8 Å². The third kappa shape index (κ3) is 5.06. The van der Waals surface area contributed by atoms with Gasteiger partial charge in [-0.05, 0) is 40.2 Å². The number of alkyl carbamates (subject to hydrolysis) is 1. The predicted octanol–water partition coefficient (Wildman–Crippen LogP) is 1.15. The first-order valence-electron chi connectivity index (χ1n) is 6.92. The highest BCUT2D eigenvalue weighted by Gasteiger charge is 2.28. The van der Waals surface area contributed by atoms with Crippen LogP contribution < -0.4 is 5.32 Å². The molecule has 0 aromatic heterocycles. The number of hydrogen-bond acceptors (Lipinski definition) is 5. The Morgan fingerprint density at radius 2 is 2.00 bits per heavy atom. The van der Waals surface area contributed by atoms with Crippen LogP contribution in [-0.2, 0) is 14.3 Å². The van der Waals surface area contributed by atoms with Crippen molar-refractivity contribution in [3.63, 3.8) is 0 Å². The van der Waals surface area contributed by atoms with Gasteiger partial charge in [-0.25, -0.2) is 4.79 Å². The second-order valence-electron chi connectivity index (χ2n) is 4.63. The maximum absolute atomic E-state index is 11.7. The smallest absolute Gasteiger partial charge is 0.407 e. The Morgan fingerprint density at radius 3 is 2.63 bits per heavy atom. The molecule has 1 heterocycles. The average molecular weight is 272 g/mol. The summed E-state index contributed by atoms with van der Waals surface area (Å²) < 4.78 is 9.89. The van der Waals surface area contributed by atoms with E-state index >= 15 is 0 Å². The minimum absolute atomic E-state index is 0.0321. The Morgan fingerprint density at radius 1 is 1.32 bits per heavy atom. The molecule has 2 atom stereocenters. The summed E-state index contributed by atoms with van der Waals surface area (Å²) in [6, 6.07) is -0.239. The SMILES string of the molecule is CCOC(=O)N[C@H]1CCCN([C@H](C)C(=O)OCC)C1. The fourth-order valence-corrected chi connectivity index (χ4v) is 2.23. The van der Waals surface area contributed by atoms with Crippen molar-refractivity contribution in [2.45, 2.75) is 45.7 Å². The number of amides is 1. The first kappa shape index (κ1) is 15.8. The molecule has 1 fully saturated rings. The molecule has 6 nitrogen and oxygen atoms in total. The van der Waals surface area contributed by atoms with E-state index in [0.717, 1.165) is 19.4 Å². The number of piperidine rings is 1. The number of nitrogens with zero attached hydrogens (tertiary/aromatic N) is 1. The average Bonchev–Trinajstić information content (AvgIpc) is 2.38. The maximum atomic E-state index is 11.7. The van der Waals surface area contributed by atoms with E-state index in [2.05, 4.69) is 5.32 Å². The van der Waals surface area contributed by atoms with Crippen molar-refractivity contribution < 1.29 is 19.1 Å². The molecule has 0 aromatic carbocycles. The molecule has 0 saturated carbocycles. The molecule has 6 heteroatoms. The monoisotopic (exact) mass is 272 g/mol. The van der Waals surface area contributed by atoms with Crippen LogP contribution in [0.25, 0.3) is 0 Å². The van der Waals surface area contributed by atoms with Gasteiger partial charge in [-0.15, -0.1) is 0 Å². The van der Waals surface area contributed by atoms with Gasteiger partial charge in [0.2, 0.25) is 0 Å². The fraction of sp³-hybridized carbons (Fsp3) is 0.846. The molecule has 19 heavy (non-hydrogen) atoms. The number of ether oxygens (including phenoxy) is 2. The van der Waals surface area contributed by atoms with Gasteiger partial charge in [0.25, 0.3) is 0 Å². The van der Waals surface area contributed by atoms with Gasteiger partial charge in [0.15, 0.2) is 0 Å².